The molecule has 2 aromatic carbocycles. The van der Waals surface area contributed by atoms with Crippen molar-refractivity contribution in [1.29, 1.82) is 0 Å². The molecular weight excluding hydrogens is 360 g/mol. The topological polar surface area (TPSA) is 68.3 Å². The van der Waals surface area contributed by atoms with Gasteiger partial charge in [-0.2, -0.15) is 0 Å². The molecule has 0 N–H and O–H groups in total. The lowest BCUT2D eigenvalue weighted by Crippen LogP contribution is -2.48. The monoisotopic (exact) mass is 384 g/mol. The Morgan fingerprint density at radius 3 is 2.04 bits per heavy atom. The van der Waals surface area contributed by atoms with Crippen LogP contribution in [0.4, 0.5) is 5.69 Å². The number of methoxy groups -OCH3 is 3. The van der Waals surface area contributed by atoms with E-state index in [-0.39, 0.29) is 11.9 Å². The van der Waals surface area contributed by atoms with Crippen molar-refractivity contribution < 1.29 is 23.8 Å². The first-order valence-corrected chi connectivity index (χ1v) is 9.01. The number of piperazine rings is 1. The van der Waals surface area contributed by atoms with Crippen molar-refractivity contribution in [2.45, 2.75) is 0 Å². The lowest BCUT2D eigenvalue weighted by atomic mass is 10.1. The van der Waals surface area contributed by atoms with Gasteiger partial charge in [-0.25, -0.2) is 4.79 Å². The van der Waals surface area contributed by atoms with Crippen molar-refractivity contribution in [1.82, 2.24) is 4.90 Å². The minimum absolute atomic E-state index is 0.0554. The highest BCUT2D eigenvalue weighted by molar-refractivity contribution is 5.95. The van der Waals surface area contributed by atoms with Crippen LogP contribution >= 0.6 is 0 Å². The molecule has 0 aliphatic carbocycles. The number of anilines is 1. The van der Waals surface area contributed by atoms with Gasteiger partial charge in [0.15, 0.2) is 0 Å². The lowest BCUT2D eigenvalue weighted by Gasteiger charge is -2.36. The molecule has 28 heavy (non-hydrogen) atoms. The number of carbonyl (C=O) groups excluding carboxylic acids is 2. The van der Waals surface area contributed by atoms with Crippen LogP contribution in [0.25, 0.3) is 0 Å². The van der Waals surface area contributed by atoms with Gasteiger partial charge in [-0.15, -0.1) is 0 Å². The second kappa shape index (κ2) is 8.65. The average Bonchev–Trinajstić information content (AvgIpc) is 2.77. The third-order valence-electron chi connectivity index (χ3n) is 4.80. The molecule has 0 bridgehead atoms. The van der Waals surface area contributed by atoms with Crippen LogP contribution < -0.4 is 14.4 Å². The molecule has 7 heteroatoms. The average molecular weight is 384 g/mol. The number of amides is 1. The van der Waals surface area contributed by atoms with Gasteiger partial charge < -0.3 is 24.0 Å². The number of ether oxygens (including phenoxy) is 3. The highest BCUT2D eigenvalue weighted by Gasteiger charge is 2.23. The molecule has 1 fully saturated rings. The molecule has 7 nitrogen and oxygen atoms in total. The second-order valence-corrected chi connectivity index (χ2v) is 6.42. The van der Waals surface area contributed by atoms with Crippen molar-refractivity contribution in [3.8, 4) is 11.5 Å². The molecule has 148 valence electrons. The molecule has 0 spiro atoms. The quantitative estimate of drug-likeness (QED) is 0.738. The van der Waals surface area contributed by atoms with Crippen molar-refractivity contribution >= 4 is 17.6 Å². The summed E-state index contributed by atoms with van der Waals surface area (Å²) in [4.78, 5) is 28.6. The van der Waals surface area contributed by atoms with Crippen LogP contribution in [0.5, 0.6) is 11.5 Å². The van der Waals surface area contributed by atoms with Crippen LogP contribution in [0.2, 0.25) is 0 Å². The lowest BCUT2D eigenvalue weighted by molar-refractivity contribution is 0.0600. The van der Waals surface area contributed by atoms with Crippen LogP contribution in [0.3, 0.4) is 0 Å². The Bertz CT molecular complexity index is 837. The number of benzene rings is 2. The summed E-state index contributed by atoms with van der Waals surface area (Å²) in [5.74, 6) is 0.754. The zero-order valence-corrected chi connectivity index (χ0v) is 16.3. The molecule has 1 aliphatic rings. The molecule has 1 heterocycles. The smallest absolute Gasteiger partial charge is 0.337 e. The molecule has 1 amide bonds. The molecule has 1 aliphatic heterocycles. The van der Waals surface area contributed by atoms with Gasteiger partial charge in [0.1, 0.15) is 11.5 Å². The summed E-state index contributed by atoms with van der Waals surface area (Å²) in [5.41, 5.74) is 2.00. The number of carbonyl (C=O) groups is 2. The fourth-order valence-electron chi connectivity index (χ4n) is 3.23. The minimum atomic E-state index is -0.359. The van der Waals surface area contributed by atoms with Crippen molar-refractivity contribution in [2.75, 3.05) is 52.4 Å². The molecular formula is C21H24N2O5. The Morgan fingerprint density at radius 2 is 1.46 bits per heavy atom. The number of esters is 1. The second-order valence-electron chi connectivity index (χ2n) is 6.42. The van der Waals surface area contributed by atoms with E-state index < -0.39 is 0 Å². The van der Waals surface area contributed by atoms with Crippen LogP contribution in [-0.4, -0.2) is 64.3 Å². The van der Waals surface area contributed by atoms with Crippen LogP contribution in [0, 0.1) is 0 Å². The summed E-state index contributed by atoms with van der Waals surface area (Å²) >= 11 is 0. The summed E-state index contributed by atoms with van der Waals surface area (Å²) in [6.07, 6.45) is 0. The van der Waals surface area contributed by atoms with E-state index in [0.717, 1.165) is 5.69 Å². The van der Waals surface area contributed by atoms with Crippen LogP contribution in [0.1, 0.15) is 20.7 Å². The van der Waals surface area contributed by atoms with E-state index >= 15 is 0 Å². The van der Waals surface area contributed by atoms with E-state index in [4.69, 9.17) is 14.2 Å². The summed E-state index contributed by atoms with van der Waals surface area (Å²) in [5, 5.41) is 0. The maximum absolute atomic E-state index is 12.9. The van der Waals surface area contributed by atoms with E-state index in [9.17, 15) is 9.59 Å². The van der Waals surface area contributed by atoms with Gasteiger partial charge in [0.2, 0.25) is 0 Å². The molecule has 0 atom stereocenters. The highest BCUT2D eigenvalue weighted by atomic mass is 16.5. The summed E-state index contributed by atoms with van der Waals surface area (Å²) in [7, 11) is 4.49. The van der Waals surface area contributed by atoms with Gasteiger partial charge in [-0.05, 0) is 30.3 Å². The zero-order chi connectivity index (χ0) is 20.1. The van der Waals surface area contributed by atoms with Gasteiger partial charge >= 0.3 is 5.97 Å². The van der Waals surface area contributed by atoms with Gasteiger partial charge in [-0.1, -0.05) is 6.07 Å². The Balaban J connectivity index is 1.69. The Morgan fingerprint density at radius 1 is 0.821 bits per heavy atom. The molecule has 1 saturated heterocycles. The van der Waals surface area contributed by atoms with Gasteiger partial charge in [-0.3, -0.25) is 4.79 Å². The summed E-state index contributed by atoms with van der Waals surface area (Å²) in [6, 6.07) is 12.5. The van der Waals surface area contributed by atoms with Gasteiger partial charge in [0, 0.05) is 43.5 Å². The molecule has 0 saturated carbocycles. The normalized spacial score (nSPS) is 13.8. The fraction of sp³-hybridized carbons (Fsp3) is 0.333. The van der Waals surface area contributed by atoms with Crippen LogP contribution in [-0.2, 0) is 4.74 Å². The SMILES string of the molecule is COC(=O)c1cccc(N2CCN(C(=O)c3cc(OC)cc(OC)c3)CC2)c1. The Labute approximate surface area is 164 Å². The van der Waals surface area contributed by atoms with E-state index in [1.54, 1.807) is 38.5 Å². The van der Waals surface area contributed by atoms with Crippen molar-refractivity contribution in [3.63, 3.8) is 0 Å². The highest BCUT2D eigenvalue weighted by Crippen LogP contribution is 2.24. The molecule has 3 rings (SSSR count). The predicted molar refractivity (Wildman–Crippen MR) is 105 cm³/mol. The first kappa shape index (κ1) is 19.5. The van der Waals surface area contributed by atoms with E-state index in [1.807, 2.05) is 23.1 Å². The maximum Gasteiger partial charge on any atom is 0.337 e. The first-order chi connectivity index (χ1) is 13.5. The Kier molecular flexibility index (Phi) is 6.03. The fourth-order valence-corrected chi connectivity index (χ4v) is 3.23. The maximum atomic E-state index is 12.9. The predicted octanol–water partition coefficient (Wildman–Crippen LogP) is 2.45. The van der Waals surface area contributed by atoms with Crippen LogP contribution in [0.15, 0.2) is 42.5 Å². The standard InChI is InChI=1S/C21H24N2O5/c1-26-18-12-16(13-19(14-18)27-2)20(24)23-9-7-22(8-10-23)17-6-4-5-15(11-17)21(25)28-3/h4-6,11-14H,7-10H2,1-3H3. The number of hydrogen-bond donors (Lipinski definition) is 0. The third-order valence-corrected chi connectivity index (χ3v) is 4.80. The zero-order valence-electron chi connectivity index (χ0n) is 16.3. The summed E-state index contributed by atoms with van der Waals surface area (Å²) < 4.78 is 15.3. The molecule has 0 aromatic heterocycles. The molecule has 0 radical (unpaired) electrons. The number of hydrogen-bond acceptors (Lipinski definition) is 6. The van der Waals surface area contributed by atoms with E-state index in [2.05, 4.69) is 4.90 Å². The van der Waals surface area contributed by atoms with E-state index in [0.29, 0.717) is 48.8 Å². The number of nitrogens with zero attached hydrogens (tertiary/aromatic N) is 2. The van der Waals surface area contributed by atoms with E-state index in [1.165, 1.54) is 7.11 Å². The van der Waals surface area contributed by atoms with Crippen molar-refractivity contribution in [3.05, 3.63) is 53.6 Å². The first-order valence-electron chi connectivity index (χ1n) is 9.01. The molecule has 0 unspecified atom stereocenters. The summed E-state index contributed by atoms with van der Waals surface area (Å²) in [6.45, 7) is 2.52. The van der Waals surface area contributed by atoms with Gasteiger partial charge in [0.25, 0.3) is 5.91 Å². The largest absolute Gasteiger partial charge is 0.497 e. The number of rotatable bonds is 5. The Hall–Kier alpha value is -3.22. The third kappa shape index (κ3) is 4.19. The molecule has 2 aromatic rings. The van der Waals surface area contributed by atoms with Gasteiger partial charge in [0.05, 0.1) is 26.9 Å². The van der Waals surface area contributed by atoms with Crippen molar-refractivity contribution in [2.24, 2.45) is 0 Å². The minimum Gasteiger partial charge on any atom is -0.497 e.